The van der Waals surface area contributed by atoms with Crippen LogP contribution in [0.1, 0.15) is 5.56 Å². The van der Waals surface area contributed by atoms with Crippen molar-refractivity contribution in [3.05, 3.63) is 22.2 Å². The van der Waals surface area contributed by atoms with Gasteiger partial charge in [0.1, 0.15) is 0 Å². The number of rotatable bonds is 0. The van der Waals surface area contributed by atoms with Crippen molar-refractivity contribution in [3.8, 4) is 23.3 Å². The van der Waals surface area contributed by atoms with E-state index in [1.54, 1.807) is 12.1 Å². The Morgan fingerprint density at radius 2 is 2.07 bits per heavy atom. The molecule has 5 heteroatoms. The summed E-state index contributed by atoms with van der Waals surface area (Å²) in [5, 5.41) is 8.41. The summed E-state index contributed by atoms with van der Waals surface area (Å²) in [6.07, 6.45) is 0. The second-order valence-corrected chi connectivity index (χ2v) is 3.59. The van der Waals surface area contributed by atoms with E-state index in [9.17, 15) is 4.79 Å². The minimum atomic E-state index is -1.17. The molecule has 0 saturated carbocycles. The van der Waals surface area contributed by atoms with Crippen LogP contribution in [-0.2, 0) is 4.79 Å². The van der Waals surface area contributed by atoms with Crippen molar-refractivity contribution in [1.82, 2.24) is 0 Å². The first-order valence-electron chi connectivity index (χ1n) is 4.01. The Kier molecular flexibility index (Phi) is 2.52. The molecule has 0 unspecified atom stereocenters. The first kappa shape index (κ1) is 9.87. The lowest BCUT2D eigenvalue weighted by Crippen LogP contribution is -1.92. The summed E-state index contributed by atoms with van der Waals surface area (Å²) in [6.45, 7) is 0.178. The second kappa shape index (κ2) is 3.83. The molecule has 2 rings (SSSR count). The number of ether oxygens (including phenoxy) is 2. The predicted octanol–water partition coefficient (Wildman–Crippen LogP) is 1.61. The number of carboxylic acids is 1. The number of aliphatic carboxylic acids is 1. The lowest BCUT2D eigenvalue weighted by molar-refractivity contribution is -0.130. The minimum Gasteiger partial charge on any atom is -0.472 e. The van der Waals surface area contributed by atoms with Crippen molar-refractivity contribution in [2.45, 2.75) is 0 Å². The second-order valence-electron chi connectivity index (χ2n) is 2.74. The van der Waals surface area contributed by atoms with Crippen LogP contribution >= 0.6 is 15.9 Å². The van der Waals surface area contributed by atoms with E-state index < -0.39 is 5.97 Å². The number of hydrogen-bond acceptors (Lipinski definition) is 3. The summed E-state index contributed by atoms with van der Waals surface area (Å²) in [5.74, 6) is 4.58. The van der Waals surface area contributed by atoms with Crippen LogP contribution in [0.4, 0.5) is 0 Å². The molecular weight excluding hydrogens is 264 g/mol. The van der Waals surface area contributed by atoms with E-state index >= 15 is 0 Å². The Hall–Kier alpha value is -1.67. The zero-order valence-electron chi connectivity index (χ0n) is 7.41. The maximum Gasteiger partial charge on any atom is 0.382 e. The number of halogens is 1. The Balaban J connectivity index is 2.42. The van der Waals surface area contributed by atoms with E-state index in [-0.39, 0.29) is 6.79 Å². The zero-order valence-corrected chi connectivity index (χ0v) is 9.00. The van der Waals surface area contributed by atoms with Crippen LogP contribution in [0, 0.1) is 11.8 Å². The van der Waals surface area contributed by atoms with Crippen molar-refractivity contribution in [3.63, 3.8) is 0 Å². The summed E-state index contributed by atoms with van der Waals surface area (Å²) < 4.78 is 11.0. The largest absolute Gasteiger partial charge is 0.472 e. The van der Waals surface area contributed by atoms with E-state index in [2.05, 4.69) is 21.9 Å². The van der Waals surface area contributed by atoms with Crippen molar-refractivity contribution in [2.75, 3.05) is 6.79 Å². The topological polar surface area (TPSA) is 55.8 Å². The fourth-order valence-corrected chi connectivity index (χ4v) is 1.56. The lowest BCUT2D eigenvalue weighted by atomic mass is 10.2. The molecule has 0 aliphatic carbocycles. The molecule has 1 N–H and O–H groups in total. The van der Waals surface area contributed by atoms with E-state index in [1.807, 2.05) is 5.92 Å². The number of benzene rings is 1. The van der Waals surface area contributed by atoms with Gasteiger partial charge in [0.05, 0.1) is 0 Å². The third kappa shape index (κ3) is 2.05. The van der Waals surface area contributed by atoms with E-state index in [4.69, 9.17) is 14.6 Å². The van der Waals surface area contributed by atoms with Crippen LogP contribution in [-0.4, -0.2) is 17.9 Å². The molecule has 0 bridgehead atoms. The van der Waals surface area contributed by atoms with Gasteiger partial charge in [-0.1, -0.05) is 5.92 Å². The molecule has 0 radical (unpaired) electrons. The first-order valence-corrected chi connectivity index (χ1v) is 4.80. The third-order valence-electron chi connectivity index (χ3n) is 1.77. The van der Waals surface area contributed by atoms with Crippen molar-refractivity contribution in [1.29, 1.82) is 0 Å². The number of fused-ring (bicyclic) bond motifs is 1. The molecule has 0 saturated heterocycles. The molecule has 1 aromatic rings. The van der Waals surface area contributed by atoms with Gasteiger partial charge in [-0.3, -0.25) is 0 Å². The van der Waals surface area contributed by atoms with Crippen molar-refractivity contribution >= 4 is 21.9 Å². The summed E-state index contributed by atoms with van der Waals surface area (Å²) in [5.41, 5.74) is 0.557. The molecule has 1 aliphatic heterocycles. The van der Waals surface area contributed by atoms with Crippen LogP contribution in [0.3, 0.4) is 0 Å². The Morgan fingerprint density at radius 3 is 2.73 bits per heavy atom. The number of hydrogen-bond donors (Lipinski definition) is 1. The fraction of sp³-hybridized carbons (Fsp3) is 0.100. The monoisotopic (exact) mass is 268 g/mol. The third-order valence-corrected chi connectivity index (χ3v) is 2.42. The molecule has 76 valence electrons. The Labute approximate surface area is 93.9 Å². The minimum absolute atomic E-state index is 0.178. The summed E-state index contributed by atoms with van der Waals surface area (Å²) >= 11 is 3.27. The van der Waals surface area contributed by atoms with Crippen LogP contribution in [0.5, 0.6) is 11.5 Å². The van der Waals surface area contributed by atoms with Crippen LogP contribution < -0.4 is 9.47 Å². The van der Waals surface area contributed by atoms with Crippen LogP contribution in [0.15, 0.2) is 16.6 Å². The SMILES string of the molecule is O=C(O)C#Cc1cc2c(cc1Br)OCO2. The van der Waals surface area contributed by atoms with Gasteiger partial charge >= 0.3 is 5.97 Å². The van der Waals surface area contributed by atoms with Crippen LogP contribution in [0.2, 0.25) is 0 Å². The molecule has 4 nitrogen and oxygen atoms in total. The molecule has 1 aromatic carbocycles. The average Bonchev–Trinajstić information content (AvgIpc) is 2.60. The van der Waals surface area contributed by atoms with E-state index in [0.717, 1.165) is 0 Å². The quantitative estimate of drug-likeness (QED) is 0.727. The Morgan fingerprint density at radius 1 is 1.40 bits per heavy atom. The molecule has 1 heterocycles. The number of carboxylic acid groups (broad SMARTS) is 1. The van der Waals surface area contributed by atoms with Crippen molar-refractivity contribution < 1.29 is 19.4 Å². The lowest BCUT2D eigenvalue weighted by Gasteiger charge is -1.99. The highest BCUT2D eigenvalue weighted by Gasteiger charge is 2.15. The summed E-state index contributed by atoms with van der Waals surface area (Å²) in [4.78, 5) is 10.3. The smallest absolute Gasteiger partial charge is 0.382 e. The van der Waals surface area contributed by atoms with Crippen LogP contribution in [0.25, 0.3) is 0 Å². The Bertz CT molecular complexity index is 484. The average molecular weight is 269 g/mol. The van der Waals surface area contributed by atoms with Crippen molar-refractivity contribution in [2.24, 2.45) is 0 Å². The molecule has 0 aromatic heterocycles. The van der Waals surface area contributed by atoms with Gasteiger partial charge in [-0.15, -0.1) is 0 Å². The standard InChI is InChI=1S/C10H5BrO4/c11-7-4-9-8(14-5-15-9)3-6(7)1-2-10(12)13/h3-4H,5H2,(H,12,13). The van der Waals surface area contributed by atoms with E-state index in [1.165, 1.54) is 0 Å². The van der Waals surface area contributed by atoms with Gasteiger partial charge in [0, 0.05) is 22.0 Å². The first-order chi connectivity index (χ1) is 7.16. The summed E-state index contributed by atoms with van der Waals surface area (Å²) in [7, 11) is 0. The highest BCUT2D eigenvalue weighted by molar-refractivity contribution is 9.10. The van der Waals surface area contributed by atoms with Gasteiger partial charge in [0.25, 0.3) is 0 Å². The number of carbonyl (C=O) groups is 1. The fourth-order valence-electron chi connectivity index (χ4n) is 1.13. The predicted molar refractivity (Wildman–Crippen MR) is 54.8 cm³/mol. The normalized spacial score (nSPS) is 11.8. The van der Waals surface area contributed by atoms with Gasteiger partial charge < -0.3 is 14.6 Å². The molecule has 15 heavy (non-hydrogen) atoms. The zero-order chi connectivity index (χ0) is 10.8. The van der Waals surface area contributed by atoms with E-state index in [0.29, 0.717) is 21.5 Å². The van der Waals surface area contributed by atoms with Gasteiger partial charge in [0.15, 0.2) is 11.5 Å². The highest BCUT2D eigenvalue weighted by Crippen LogP contribution is 2.36. The maximum atomic E-state index is 10.3. The van der Waals surface area contributed by atoms with Gasteiger partial charge in [-0.2, -0.15) is 0 Å². The van der Waals surface area contributed by atoms with Gasteiger partial charge in [-0.05, 0) is 22.0 Å². The molecule has 0 amide bonds. The van der Waals surface area contributed by atoms with Gasteiger partial charge in [0.2, 0.25) is 6.79 Å². The molecule has 0 fully saturated rings. The van der Waals surface area contributed by atoms with Gasteiger partial charge in [-0.25, -0.2) is 4.79 Å². The molecular formula is C10H5BrO4. The molecule has 1 aliphatic rings. The molecule has 0 spiro atoms. The molecule has 0 atom stereocenters. The maximum absolute atomic E-state index is 10.3. The highest BCUT2D eigenvalue weighted by atomic mass is 79.9. The summed E-state index contributed by atoms with van der Waals surface area (Å²) in [6, 6.07) is 3.34.